The van der Waals surface area contributed by atoms with Gasteiger partial charge in [-0.3, -0.25) is 14.3 Å². The summed E-state index contributed by atoms with van der Waals surface area (Å²) in [6, 6.07) is 3.73. The first-order valence-electron chi connectivity index (χ1n) is 7.13. The molecule has 0 aliphatic rings. The molecule has 6 heteroatoms. The van der Waals surface area contributed by atoms with Gasteiger partial charge in [0.1, 0.15) is 18.1 Å². The lowest BCUT2D eigenvalue weighted by Crippen LogP contribution is -2.30. The second kappa shape index (κ2) is 6.17. The van der Waals surface area contributed by atoms with Gasteiger partial charge in [0.25, 0.3) is 0 Å². The molecule has 0 saturated carbocycles. The highest BCUT2D eigenvalue weighted by Gasteiger charge is 2.18. The summed E-state index contributed by atoms with van der Waals surface area (Å²) in [4.78, 5) is 25.5. The number of ketones is 1. The summed E-state index contributed by atoms with van der Waals surface area (Å²) in [7, 11) is 1.72. The van der Waals surface area contributed by atoms with Crippen LogP contribution in [-0.2, 0) is 17.9 Å². The average molecular weight is 303 g/mol. The van der Waals surface area contributed by atoms with Gasteiger partial charge in [-0.05, 0) is 39.8 Å². The first-order valence-corrected chi connectivity index (χ1v) is 7.13. The van der Waals surface area contributed by atoms with Crippen LogP contribution >= 0.6 is 0 Å². The van der Waals surface area contributed by atoms with Crippen molar-refractivity contribution in [2.45, 2.75) is 40.8 Å². The molecule has 2 aromatic heterocycles. The van der Waals surface area contributed by atoms with Crippen LogP contribution in [0.4, 0.5) is 0 Å². The van der Waals surface area contributed by atoms with E-state index in [0.29, 0.717) is 17.8 Å². The number of aryl methyl sites for hydroxylation is 2. The molecule has 0 aliphatic heterocycles. The van der Waals surface area contributed by atoms with Gasteiger partial charge in [-0.1, -0.05) is 0 Å². The molecule has 118 valence electrons. The molecular weight excluding hydrogens is 282 g/mol. The van der Waals surface area contributed by atoms with Crippen molar-refractivity contribution in [2.75, 3.05) is 7.05 Å². The van der Waals surface area contributed by atoms with Crippen molar-refractivity contribution < 1.29 is 14.0 Å². The van der Waals surface area contributed by atoms with E-state index in [1.807, 2.05) is 19.1 Å². The van der Waals surface area contributed by atoms with E-state index in [4.69, 9.17) is 4.42 Å². The summed E-state index contributed by atoms with van der Waals surface area (Å²) in [6.07, 6.45) is 0. The molecule has 22 heavy (non-hydrogen) atoms. The van der Waals surface area contributed by atoms with E-state index in [9.17, 15) is 9.59 Å². The van der Waals surface area contributed by atoms with Gasteiger partial charge in [-0.15, -0.1) is 0 Å². The molecule has 0 atom stereocenters. The zero-order valence-corrected chi connectivity index (χ0v) is 13.6. The third kappa shape index (κ3) is 3.27. The molecule has 1 amide bonds. The second-order valence-corrected chi connectivity index (χ2v) is 5.52. The van der Waals surface area contributed by atoms with Crippen LogP contribution in [0.5, 0.6) is 0 Å². The molecule has 0 saturated heterocycles. The standard InChI is InChI=1S/C16H21N3O3/c1-10-6-7-14(22-10)8-18(5)15(21)9-19-12(3)16(13(4)20)11(2)17-19/h6-7H,8-9H2,1-5H3. The van der Waals surface area contributed by atoms with Crippen LogP contribution in [0.1, 0.15) is 40.2 Å². The molecule has 0 aliphatic carbocycles. The van der Waals surface area contributed by atoms with E-state index >= 15 is 0 Å². The Hall–Kier alpha value is -2.37. The van der Waals surface area contributed by atoms with Gasteiger partial charge in [-0.2, -0.15) is 5.10 Å². The summed E-state index contributed by atoms with van der Waals surface area (Å²) >= 11 is 0. The van der Waals surface area contributed by atoms with Crippen LogP contribution in [-0.4, -0.2) is 33.4 Å². The Morgan fingerprint density at radius 2 is 1.95 bits per heavy atom. The number of Topliss-reactive ketones (excluding diaryl/α,β-unsaturated/α-hetero) is 1. The zero-order chi connectivity index (χ0) is 16.4. The molecule has 0 unspecified atom stereocenters. The van der Waals surface area contributed by atoms with E-state index in [-0.39, 0.29) is 18.2 Å². The highest BCUT2D eigenvalue weighted by atomic mass is 16.3. The van der Waals surface area contributed by atoms with Gasteiger partial charge in [0.05, 0.1) is 17.8 Å². The molecule has 0 spiro atoms. The predicted molar refractivity (Wildman–Crippen MR) is 81.6 cm³/mol. The van der Waals surface area contributed by atoms with Crippen LogP contribution < -0.4 is 0 Å². The Kier molecular flexibility index (Phi) is 4.49. The van der Waals surface area contributed by atoms with E-state index in [1.165, 1.54) is 6.92 Å². The third-order valence-electron chi connectivity index (χ3n) is 3.63. The molecule has 0 fully saturated rings. The van der Waals surface area contributed by atoms with Crippen molar-refractivity contribution in [3.05, 3.63) is 40.6 Å². The number of likely N-dealkylation sites (N-methyl/N-ethyl adjacent to an activating group) is 1. The Labute approximate surface area is 129 Å². The lowest BCUT2D eigenvalue weighted by atomic mass is 10.1. The molecule has 6 nitrogen and oxygen atoms in total. The van der Waals surface area contributed by atoms with Crippen molar-refractivity contribution in [3.63, 3.8) is 0 Å². The fourth-order valence-corrected chi connectivity index (χ4v) is 2.50. The molecule has 2 rings (SSSR count). The number of furan rings is 1. The van der Waals surface area contributed by atoms with Crippen LogP contribution in [0.15, 0.2) is 16.5 Å². The first-order chi connectivity index (χ1) is 10.3. The molecule has 0 bridgehead atoms. The van der Waals surface area contributed by atoms with Crippen molar-refractivity contribution in [1.82, 2.24) is 14.7 Å². The number of carbonyl (C=O) groups excluding carboxylic acids is 2. The molecule has 0 radical (unpaired) electrons. The highest BCUT2D eigenvalue weighted by molar-refractivity contribution is 5.96. The maximum absolute atomic E-state index is 12.3. The average Bonchev–Trinajstić information content (AvgIpc) is 2.93. The van der Waals surface area contributed by atoms with Gasteiger partial charge in [-0.25, -0.2) is 0 Å². The Morgan fingerprint density at radius 3 is 2.45 bits per heavy atom. The minimum absolute atomic E-state index is 0.0342. The van der Waals surface area contributed by atoms with Gasteiger partial charge in [0.2, 0.25) is 5.91 Å². The van der Waals surface area contributed by atoms with Crippen LogP contribution in [0.3, 0.4) is 0 Å². The third-order valence-corrected chi connectivity index (χ3v) is 3.63. The summed E-state index contributed by atoms with van der Waals surface area (Å²) in [5.41, 5.74) is 1.97. The minimum Gasteiger partial charge on any atom is -0.464 e. The van der Waals surface area contributed by atoms with Gasteiger partial charge in [0.15, 0.2) is 5.78 Å². The molecule has 2 aromatic rings. The normalized spacial score (nSPS) is 10.8. The number of hydrogen-bond acceptors (Lipinski definition) is 4. The Balaban J connectivity index is 2.08. The zero-order valence-electron chi connectivity index (χ0n) is 13.6. The van der Waals surface area contributed by atoms with Crippen molar-refractivity contribution in [2.24, 2.45) is 0 Å². The van der Waals surface area contributed by atoms with Crippen molar-refractivity contribution in [3.8, 4) is 0 Å². The van der Waals surface area contributed by atoms with Gasteiger partial charge in [0, 0.05) is 12.7 Å². The van der Waals surface area contributed by atoms with E-state index < -0.39 is 0 Å². The maximum Gasteiger partial charge on any atom is 0.244 e. The Bertz CT molecular complexity index is 712. The number of aromatic nitrogens is 2. The number of carbonyl (C=O) groups is 2. The summed E-state index contributed by atoms with van der Waals surface area (Å²) in [5.74, 6) is 1.44. The lowest BCUT2D eigenvalue weighted by Gasteiger charge is -2.16. The summed E-state index contributed by atoms with van der Waals surface area (Å²) in [5, 5.41) is 4.29. The van der Waals surface area contributed by atoms with Crippen LogP contribution in [0.25, 0.3) is 0 Å². The van der Waals surface area contributed by atoms with E-state index in [1.54, 1.807) is 30.5 Å². The smallest absolute Gasteiger partial charge is 0.244 e. The topological polar surface area (TPSA) is 68.3 Å². The number of hydrogen-bond donors (Lipinski definition) is 0. The largest absolute Gasteiger partial charge is 0.464 e. The molecule has 0 N–H and O–H groups in total. The predicted octanol–water partition coefficient (Wildman–Crippen LogP) is 2.26. The number of rotatable bonds is 5. The summed E-state index contributed by atoms with van der Waals surface area (Å²) in [6.45, 7) is 7.47. The molecular formula is C16H21N3O3. The van der Waals surface area contributed by atoms with Gasteiger partial charge < -0.3 is 9.32 Å². The number of nitrogens with zero attached hydrogens (tertiary/aromatic N) is 3. The Morgan fingerprint density at radius 1 is 1.27 bits per heavy atom. The summed E-state index contributed by atoms with van der Waals surface area (Å²) < 4.78 is 7.05. The SMILES string of the molecule is CC(=O)c1c(C)nn(CC(=O)N(C)Cc2ccc(C)o2)c1C. The lowest BCUT2D eigenvalue weighted by molar-refractivity contribution is -0.131. The van der Waals surface area contributed by atoms with Crippen LogP contribution in [0.2, 0.25) is 0 Å². The fraction of sp³-hybridized carbons (Fsp3) is 0.438. The fourth-order valence-electron chi connectivity index (χ4n) is 2.50. The van der Waals surface area contributed by atoms with Crippen LogP contribution in [0, 0.1) is 20.8 Å². The molecule has 2 heterocycles. The van der Waals surface area contributed by atoms with Crippen molar-refractivity contribution in [1.29, 1.82) is 0 Å². The number of amides is 1. The van der Waals surface area contributed by atoms with Crippen molar-refractivity contribution >= 4 is 11.7 Å². The molecule has 0 aromatic carbocycles. The van der Waals surface area contributed by atoms with E-state index in [0.717, 1.165) is 17.2 Å². The maximum atomic E-state index is 12.3. The van der Waals surface area contributed by atoms with Gasteiger partial charge >= 0.3 is 0 Å². The first kappa shape index (κ1) is 16.0. The minimum atomic E-state index is -0.0882. The highest BCUT2D eigenvalue weighted by Crippen LogP contribution is 2.14. The quantitative estimate of drug-likeness (QED) is 0.795. The van der Waals surface area contributed by atoms with E-state index in [2.05, 4.69) is 5.10 Å². The monoisotopic (exact) mass is 303 g/mol. The second-order valence-electron chi connectivity index (χ2n) is 5.52.